The van der Waals surface area contributed by atoms with Crippen LogP contribution in [0.5, 0.6) is 0 Å². The van der Waals surface area contributed by atoms with Gasteiger partial charge in [0.25, 0.3) is 5.91 Å². The number of carbonyl (C=O) groups excluding carboxylic acids is 3. The molecule has 0 radical (unpaired) electrons. The van der Waals surface area contributed by atoms with Crippen molar-refractivity contribution in [1.29, 1.82) is 0 Å². The molecule has 2 rings (SSSR count). The number of halogens is 3. The first kappa shape index (κ1) is 18.1. The highest BCUT2D eigenvalue weighted by Crippen LogP contribution is 2.40. The first-order valence-electron chi connectivity index (χ1n) is 6.75. The van der Waals surface area contributed by atoms with Crippen LogP contribution in [0.3, 0.4) is 0 Å². The standard InChI is InChI=1S/C14H13F3N2O4S/c1-6(12(18)21)23-11(20)5-10-13(22)19-8-4-7(14(15,16)17)2-3-9(8)24-10/h2-4,6,10H,5H2,1H3,(H2,18,21)(H,19,22)/t6-,10-/m1/s1. The molecule has 0 spiro atoms. The Hall–Kier alpha value is -2.23. The number of nitrogens with one attached hydrogen (secondary N) is 1. The van der Waals surface area contributed by atoms with E-state index < -0.39 is 40.9 Å². The Morgan fingerprint density at radius 1 is 1.42 bits per heavy atom. The summed E-state index contributed by atoms with van der Waals surface area (Å²) in [4.78, 5) is 34.9. The van der Waals surface area contributed by atoms with Gasteiger partial charge in [0.2, 0.25) is 5.91 Å². The van der Waals surface area contributed by atoms with Crippen molar-refractivity contribution in [3.63, 3.8) is 0 Å². The maximum absolute atomic E-state index is 12.7. The van der Waals surface area contributed by atoms with Crippen molar-refractivity contribution in [1.82, 2.24) is 0 Å². The van der Waals surface area contributed by atoms with Crippen molar-refractivity contribution >= 4 is 35.2 Å². The molecular weight excluding hydrogens is 349 g/mol. The van der Waals surface area contributed by atoms with Crippen LogP contribution in [0.1, 0.15) is 18.9 Å². The van der Waals surface area contributed by atoms with Crippen molar-refractivity contribution in [3.8, 4) is 0 Å². The van der Waals surface area contributed by atoms with Gasteiger partial charge in [0.15, 0.2) is 6.10 Å². The molecule has 0 saturated heterocycles. The topological polar surface area (TPSA) is 98.5 Å². The van der Waals surface area contributed by atoms with E-state index in [0.717, 1.165) is 23.9 Å². The third-order valence-corrected chi connectivity index (χ3v) is 4.46. The lowest BCUT2D eigenvalue weighted by Gasteiger charge is -2.24. The minimum absolute atomic E-state index is 0.0370. The van der Waals surface area contributed by atoms with E-state index in [9.17, 15) is 27.6 Å². The van der Waals surface area contributed by atoms with Gasteiger partial charge in [-0.25, -0.2) is 0 Å². The van der Waals surface area contributed by atoms with E-state index in [1.54, 1.807) is 0 Å². The van der Waals surface area contributed by atoms with Crippen LogP contribution in [0, 0.1) is 0 Å². The van der Waals surface area contributed by atoms with Gasteiger partial charge in [-0.3, -0.25) is 14.4 Å². The Morgan fingerprint density at radius 3 is 2.67 bits per heavy atom. The van der Waals surface area contributed by atoms with E-state index in [-0.39, 0.29) is 12.1 Å². The summed E-state index contributed by atoms with van der Waals surface area (Å²) < 4.78 is 42.8. The molecule has 1 aliphatic rings. The third-order valence-electron chi connectivity index (χ3n) is 3.19. The maximum atomic E-state index is 12.7. The van der Waals surface area contributed by atoms with Gasteiger partial charge in [-0.2, -0.15) is 13.2 Å². The van der Waals surface area contributed by atoms with Crippen molar-refractivity contribution in [2.45, 2.75) is 35.8 Å². The Bertz CT molecular complexity index is 693. The van der Waals surface area contributed by atoms with Gasteiger partial charge in [0, 0.05) is 4.90 Å². The van der Waals surface area contributed by atoms with Crippen LogP contribution in [0.15, 0.2) is 23.1 Å². The van der Waals surface area contributed by atoms with Crippen LogP contribution in [-0.2, 0) is 25.3 Å². The van der Waals surface area contributed by atoms with Crippen LogP contribution < -0.4 is 11.1 Å². The molecule has 10 heteroatoms. The van der Waals surface area contributed by atoms with E-state index >= 15 is 0 Å². The molecule has 24 heavy (non-hydrogen) atoms. The number of hydrogen-bond donors (Lipinski definition) is 2. The zero-order chi connectivity index (χ0) is 18.1. The number of fused-ring (bicyclic) bond motifs is 1. The van der Waals surface area contributed by atoms with Crippen LogP contribution in [0.25, 0.3) is 0 Å². The summed E-state index contributed by atoms with van der Waals surface area (Å²) in [5.41, 5.74) is 4.12. The van der Waals surface area contributed by atoms with Gasteiger partial charge in [0.1, 0.15) is 0 Å². The molecule has 1 aromatic rings. The number of ether oxygens (including phenoxy) is 1. The fraction of sp³-hybridized carbons (Fsp3) is 0.357. The van der Waals surface area contributed by atoms with E-state index in [1.807, 2.05) is 0 Å². The average Bonchev–Trinajstić information content (AvgIpc) is 2.46. The molecular formula is C14H13F3N2O4S. The van der Waals surface area contributed by atoms with Crippen LogP contribution >= 0.6 is 11.8 Å². The smallest absolute Gasteiger partial charge is 0.416 e. The van der Waals surface area contributed by atoms with E-state index in [1.165, 1.54) is 13.0 Å². The quantitative estimate of drug-likeness (QED) is 0.798. The van der Waals surface area contributed by atoms with Crippen LogP contribution in [0.2, 0.25) is 0 Å². The van der Waals surface area contributed by atoms with Crippen molar-refractivity contribution < 1.29 is 32.3 Å². The highest BCUT2D eigenvalue weighted by Gasteiger charge is 2.34. The van der Waals surface area contributed by atoms with E-state index in [2.05, 4.69) is 5.32 Å². The number of thioether (sulfide) groups is 1. The fourth-order valence-corrected chi connectivity index (χ4v) is 2.99. The van der Waals surface area contributed by atoms with Crippen molar-refractivity contribution in [2.75, 3.05) is 5.32 Å². The summed E-state index contributed by atoms with van der Waals surface area (Å²) in [6, 6.07) is 2.96. The van der Waals surface area contributed by atoms with Gasteiger partial charge in [-0.15, -0.1) is 11.8 Å². The molecule has 2 amide bonds. The number of nitrogens with two attached hydrogens (primary N) is 1. The Kier molecular flexibility index (Phi) is 5.07. The molecule has 0 fully saturated rings. The van der Waals surface area contributed by atoms with Crippen LogP contribution in [-0.4, -0.2) is 29.1 Å². The minimum atomic E-state index is -4.52. The molecule has 0 saturated carbocycles. The third kappa shape index (κ3) is 4.19. The predicted octanol–water partition coefficient (Wildman–Crippen LogP) is 1.93. The number of benzene rings is 1. The molecule has 0 aliphatic carbocycles. The van der Waals surface area contributed by atoms with E-state index in [0.29, 0.717) is 4.90 Å². The van der Waals surface area contributed by atoms with Gasteiger partial charge < -0.3 is 15.8 Å². The van der Waals surface area contributed by atoms with Gasteiger partial charge in [0.05, 0.1) is 22.9 Å². The molecule has 0 bridgehead atoms. The van der Waals surface area contributed by atoms with Gasteiger partial charge in [-0.05, 0) is 25.1 Å². The number of hydrogen-bond acceptors (Lipinski definition) is 5. The van der Waals surface area contributed by atoms with Crippen molar-refractivity contribution in [3.05, 3.63) is 23.8 Å². The van der Waals surface area contributed by atoms with Crippen LogP contribution in [0.4, 0.5) is 18.9 Å². The normalized spacial score (nSPS) is 18.3. The summed E-state index contributed by atoms with van der Waals surface area (Å²) in [5, 5.41) is 1.47. The van der Waals surface area contributed by atoms with Gasteiger partial charge in [-0.1, -0.05) is 0 Å². The summed E-state index contributed by atoms with van der Waals surface area (Å²) in [5.74, 6) is -2.24. The first-order valence-corrected chi connectivity index (χ1v) is 7.63. The Balaban J connectivity index is 2.09. The second-order valence-corrected chi connectivity index (χ2v) is 6.29. The predicted molar refractivity (Wildman–Crippen MR) is 79.1 cm³/mol. The lowest BCUT2D eigenvalue weighted by Crippen LogP contribution is -2.35. The summed E-state index contributed by atoms with van der Waals surface area (Å²) in [7, 11) is 0. The second kappa shape index (κ2) is 6.71. The number of primary amides is 1. The zero-order valence-electron chi connectivity index (χ0n) is 12.3. The number of alkyl halides is 3. The SMILES string of the molecule is C[C@@H](OC(=O)C[C@H]1Sc2ccc(C(F)(F)F)cc2NC1=O)C(N)=O. The highest BCUT2D eigenvalue weighted by molar-refractivity contribution is 8.01. The molecule has 6 nitrogen and oxygen atoms in total. The molecule has 1 heterocycles. The molecule has 3 N–H and O–H groups in total. The Morgan fingerprint density at radius 2 is 2.08 bits per heavy atom. The molecule has 0 unspecified atom stereocenters. The first-order chi connectivity index (χ1) is 11.1. The number of carbonyl (C=O) groups is 3. The van der Waals surface area contributed by atoms with Crippen molar-refractivity contribution in [2.24, 2.45) is 5.73 Å². The molecule has 130 valence electrons. The minimum Gasteiger partial charge on any atom is -0.453 e. The largest absolute Gasteiger partial charge is 0.453 e. The fourth-order valence-electron chi connectivity index (χ4n) is 1.92. The average molecular weight is 362 g/mol. The monoisotopic (exact) mass is 362 g/mol. The summed E-state index contributed by atoms with van der Waals surface area (Å²) >= 11 is 0.952. The highest BCUT2D eigenvalue weighted by atomic mass is 32.2. The maximum Gasteiger partial charge on any atom is 0.416 e. The molecule has 0 aromatic heterocycles. The number of anilines is 1. The molecule has 2 atom stereocenters. The lowest BCUT2D eigenvalue weighted by molar-refractivity contribution is -0.154. The molecule has 1 aliphatic heterocycles. The number of rotatable bonds is 4. The zero-order valence-corrected chi connectivity index (χ0v) is 13.2. The Labute approximate surface area is 138 Å². The summed E-state index contributed by atoms with van der Waals surface area (Å²) in [6.07, 6.45) is -5.99. The lowest BCUT2D eigenvalue weighted by atomic mass is 10.1. The number of esters is 1. The number of amides is 2. The summed E-state index contributed by atoms with van der Waals surface area (Å²) in [6.45, 7) is 1.29. The molecule has 1 aromatic carbocycles. The van der Waals surface area contributed by atoms with E-state index in [4.69, 9.17) is 10.5 Å². The second-order valence-electron chi connectivity index (χ2n) is 5.04. The van der Waals surface area contributed by atoms with Gasteiger partial charge >= 0.3 is 12.1 Å².